The summed E-state index contributed by atoms with van der Waals surface area (Å²) in [6, 6.07) is 3.78. The number of sulfonamides is 1. The molecule has 0 unspecified atom stereocenters. The molecule has 2 heterocycles. The van der Waals surface area contributed by atoms with Gasteiger partial charge in [-0.3, -0.25) is 4.57 Å². The van der Waals surface area contributed by atoms with Crippen LogP contribution in [-0.2, 0) is 23.6 Å². The molecule has 0 saturated heterocycles. The summed E-state index contributed by atoms with van der Waals surface area (Å²) < 4.78 is 28.3. The molecule has 116 valence electrons. The Morgan fingerprint density at radius 1 is 1.43 bits per heavy atom. The van der Waals surface area contributed by atoms with Crippen LogP contribution < -0.4 is 10.4 Å². The summed E-state index contributed by atoms with van der Waals surface area (Å²) in [6.07, 6.45) is 0.557. The molecule has 0 radical (unpaired) electrons. The molecule has 0 aliphatic carbocycles. The van der Waals surface area contributed by atoms with Gasteiger partial charge in [-0.2, -0.15) is 0 Å². The topological polar surface area (TPSA) is 86.0 Å². The molecule has 0 aromatic carbocycles. The van der Waals surface area contributed by atoms with Gasteiger partial charge in [0.05, 0.1) is 17.2 Å². The number of hydrogen-bond donors (Lipinski definition) is 1. The van der Waals surface area contributed by atoms with E-state index in [9.17, 15) is 13.2 Å². The fourth-order valence-corrected chi connectivity index (χ4v) is 3.73. The minimum atomic E-state index is -3.26. The molecule has 2 aromatic rings. The zero-order valence-electron chi connectivity index (χ0n) is 11.9. The standard InChI is InChI=1S/C12H18N4O3S2/c1-3-9-21(18,19)13-6-7-16-12(17)15(2)11(14-16)10-5-4-8-20-10/h4-5,8,13H,3,6-7,9H2,1-2H3. The lowest BCUT2D eigenvalue weighted by Gasteiger charge is -2.04. The van der Waals surface area contributed by atoms with E-state index in [0.29, 0.717) is 12.2 Å². The first-order chi connectivity index (χ1) is 9.94. The maximum absolute atomic E-state index is 12.1. The van der Waals surface area contributed by atoms with Crippen molar-refractivity contribution in [3.8, 4) is 10.7 Å². The van der Waals surface area contributed by atoms with Crippen molar-refractivity contribution in [1.29, 1.82) is 0 Å². The van der Waals surface area contributed by atoms with E-state index in [1.807, 2.05) is 17.5 Å². The van der Waals surface area contributed by atoms with Gasteiger partial charge in [0.25, 0.3) is 0 Å². The number of nitrogens with one attached hydrogen (secondary N) is 1. The predicted octanol–water partition coefficient (Wildman–Crippen LogP) is 0.640. The van der Waals surface area contributed by atoms with Gasteiger partial charge >= 0.3 is 5.69 Å². The summed E-state index contributed by atoms with van der Waals surface area (Å²) in [6.45, 7) is 2.17. The third kappa shape index (κ3) is 3.80. The molecule has 0 fully saturated rings. The number of hydrogen-bond acceptors (Lipinski definition) is 5. The quantitative estimate of drug-likeness (QED) is 0.807. The second kappa shape index (κ2) is 6.54. The summed E-state index contributed by atoms with van der Waals surface area (Å²) in [4.78, 5) is 13.0. The van der Waals surface area contributed by atoms with Crippen LogP contribution in [0.15, 0.2) is 22.3 Å². The molecule has 0 aliphatic heterocycles. The number of rotatable bonds is 7. The van der Waals surface area contributed by atoms with Crippen LogP contribution in [-0.4, -0.2) is 35.1 Å². The zero-order valence-corrected chi connectivity index (χ0v) is 13.6. The van der Waals surface area contributed by atoms with Crippen LogP contribution in [0.3, 0.4) is 0 Å². The normalized spacial score (nSPS) is 11.9. The van der Waals surface area contributed by atoms with Crippen LogP contribution in [0, 0.1) is 0 Å². The maximum Gasteiger partial charge on any atom is 0.345 e. The largest absolute Gasteiger partial charge is 0.345 e. The lowest BCUT2D eigenvalue weighted by atomic mass is 10.4. The maximum atomic E-state index is 12.1. The molecule has 0 atom stereocenters. The molecular formula is C12H18N4O3S2. The van der Waals surface area contributed by atoms with Crippen LogP contribution in [0.4, 0.5) is 0 Å². The average molecular weight is 330 g/mol. The summed E-state index contributed by atoms with van der Waals surface area (Å²) in [5.41, 5.74) is -0.256. The Balaban J connectivity index is 2.09. The van der Waals surface area contributed by atoms with Crippen LogP contribution >= 0.6 is 11.3 Å². The van der Waals surface area contributed by atoms with Gasteiger partial charge in [-0.05, 0) is 17.9 Å². The van der Waals surface area contributed by atoms with Gasteiger partial charge in [-0.15, -0.1) is 16.4 Å². The van der Waals surface area contributed by atoms with Crippen molar-refractivity contribution in [2.75, 3.05) is 12.3 Å². The SMILES string of the molecule is CCCS(=O)(=O)NCCn1nc(-c2cccs2)n(C)c1=O. The Labute approximate surface area is 127 Å². The van der Waals surface area contributed by atoms with Crippen molar-refractivity contribution >= 4 is 21.4 Å². The van der Waals surface area contributed by atoms with Crippen molar-refractivity contribution in [3.63, 3.8) is 0 Å². The smallest absolute Gasteiger partial charge is 0.277 e. The molecule has 0 bridgehead atoms. The molecule has 7 nitrogen and oxygen atoms in total. The minimum absolute atomic E-state index is 0.0879. The Morgan fingerprint density at radius 2 is 2.19 bits per heavy atom. The molecule has 0 amide bonds. The van der Waals surface area contributed by atoms with Crippen molar-refractivity contribution in [2.24, 2.45) is 7.05 Å². The Morgan fingerprint density at radius 3 is 2.81 bits per heavy atom. The summed E-state index contributed by atoms with van der Waals surface area (Å²) in [5.74, 6) is 0.677. The van der Waals surface area contributed by atoms with E-state index < -0.39 is 10.0 Å². The number of thiophene rings is 1. The molecule has 2 rings (SSSR count). The van der Waals surface area contributed by atoms with Crippen LogP contribution in [0.2, 0.25) is 0 Å². The predicted molar refractivity (Wildman–Crippen MR) is 82.9 cm³/mol. The van der Waals surface area contributed by atoms with Crippen LogP contribution in [0.25, 0.3) is 10.7 Å². The first-order valence-electron chi connectivity index (χ1n) is 6.59. The van der Waals surface area contributed by atoms with Crippen LogP contribution in [0.1, 0.15) is 13.3 Å². The number of aromatic nitrogens is 3. The average Bonchev–Trinajstić information content (AvgIpc) is 3.02. The molecule has 0 aliphatic rings. The second-order valence-corrected chi connectivity index (χ2v) is 7.45. The third-order valence-corrected chi connectivity index (χ3v) is 5.36. The van der Waals surface area contributed by atoms with Gasteiger partial charge in [0.15, 0.2) is 5.82 Å². The molecule has 21 heavy (non-hydrogen) atoms. The highest BCUT2D eigenvalue weighted by atomic mass is 32.2. The molecule has 2 aromatic heterocycles. The van der Waals surface area contributed by atoms with Crippen molar-refractivity contribution in [2.45, 2.75) is 19.9 Å². The van der Waals surface area contributed by atoms with Gasteiger partial charge in [0.1, 0.15) is 0 Å². The summed E-state index contributed by atoms with van der Waals surface area (Å²) >= 11 is 1.50. The lowest BCUT2D eigenvalue weighted by molar-refractivity contribution is 0.550. The fourth-order valence-electron chi connectivity index (χ4n) is 1.90. The first-order valence-corrected chi connectivity index (χ1v) is 9.13. The fraction of sp³-hybridized carbons (Fsp3) is 0.500. The van der Waals surface area contributed by atoms with E-state index in [-0.39, 0.29) is 24.5 Å². The van der Waals surface area contributed by atoms with Gasteiger partial charge in [0, 0.05) is 13.6 Å². The molecule has 0 saturated carbocycles. The lowest BCUT2D eigenvalue weighted by Crippen LogP contribution is -2.32. The highest BCUT2D eigenvalue weighted by Crippen LogP contribution is 2.20. The third-order valence-electron chi connectivity index (χ3n) is 2.90. The Kier molecular flexibility index (Phi) is 4.96. The van der Waals surface area contributed by atoms with E-state index in [1.54, 1.807) is 14.0 Å². The summed E-state index contributed by atoms with van der Waals surface area (Å²) in [5, 5.41) is 6.17. The van der Waals surface area contributed by atoms with Crippen molar-refractivity contribution in [1.82, 2.24) is 19.1 Å². The number of nitrogens with zero attached hydrogens (tertiary/aromatic N) is 3. The van der Waals surface area contributed by atoms with E-state index in [0.717, 1.165) is 4.88 Å². The minimum Gasteiger partial charge on any atom is -0.277 e. The molecular weight excluding hydrogens is 312 g/mol. The van der Waals surface area contributed by atoms with E-state index in [4.69, 9.17) is 0 Å². The van der Waals surface area contributed by atoms with Gasteiger partial charge in [0.2, 0.25) is 10.0 Å². The Bertz CT molecular complexity index is 744. The van der Waals surface area contributed by atoms with Gasteiger partial charge in [-0.25, -0.2) is 22.6 Å². The first kappa shape index (κ1) is 15.9. The highest BCUT2D eigenvalue weighted by molar-refractivity contribution is 7.89. The van der Waals surface area contributed by atoms with Crippen molar-refractivity contribution in [3.05, 3.63) is 28.0 Å². The molecule has 0 spiro atoms. The monoisotopic (exact) mass is 330 g/mol. The highest BCUT2D eigenvalue weighted by Gasteiger charge is 2.13. The zero-order chi connectivity index (χ0) is 15.5. The van der Waals surface area contributed by atoms with Crippen molar-refractivity contribution < 1.29 is 8.42 Å². The van der Waals surface area contributed by atoms with Crippen LogP contribution in [0.5, 0.6) is 0 Å². The van der Waals surface area contributed by atoms with E-state index >= 15 is 0 Å². The molecule has 1 N–H and O–H groups in total. The second-order valence-electron chi connectivity index (χ2n) is 4.58. The Hall–Kier alpha value is -1.45. The van der Waals surface area contributed by atoms with E-state index in [2.05, 4.69) is 9.82 Å². The summed E-state index contributed by atoms with van der Waals surface area (Å²) in [7, 11) is -1.60. The van der Waals surface area contributed by atoms with Gasteiger partial charge in [-0.1, -0.05) is 13.0 Å². The van der Waals surface area contributed by atoms with Gasteiger partial charge < -0.3 is 0 Å². The molecule has 9 heteroatoms. The van der Waals surface area contributed by atoms with E-state index in [1.165, 1.54) is 20.6 Å².